The van der Waals surface area contributed by atoms with Crippen LogP contribution in [0.25, 0.3) is 10.8 Å². The van der Waals surface area contributed by atoms with E-state index in [0.29, 0.717) is 11.3 Å². The molecule has 0 unspecified atom stereocenters. The van der Waals surface area contributed by atoms with Gasteiger partial charge >= 0.3 is 0 Å². The summed E-state index contributed by atoms with van der Waals surface area (Å²) in [4.78, 5) is 25.6. The van der Waals surface area contributed by atoms with E-state index in [-0.39, 0.29) is 18.9 Å². The van der Waals surface area contributed by atoms with E-state index in [4.69, 9.17) is 5.73 Å². The highest BCUT2D eigenvalue weighted by molar-refractivity contribution is 6.08. The van der Waals surface area contributed by atoms with E-state index >= 15 is 0 Å². The number of anilines is 1. The van der Waals surface area contributed by atoms with Crippen molar-refractivity contribution in [2.24, 2.45) is 5.73 Å². The van der Waals surface area contributed by atoms with Crippen LogP contribution in [0.2, 0.25) is 0 Å². The largest absolute Gasteiger partial charge is 0.370 e. The summed E-state index contributed by atoms with van der Waals surface area (Å²) in [5.41, 5.74) is 6.23. The Morgan fingerprint density at radius 1 is 0.920 bits per heavy atom. The monoisotopic (exact) mass is 336 g/mol. The van der Waals surface area contributed by atoms with Crippen LogP contribution in [-0.2, 0) is 4.79 Å². The van der Waals surface area contributed by atoms with Crippen molar-refractivity contribution in [3.63, 3.8) is 0 Å². The van der Waals surface area contributed by atoms with Crippen molar-refractivity contribution in [2.75, 3.05) is 11.4 Å². The first-order chi connectivity index (χ1) is 12.0. The first-order valence-electron chi connectivity index (χ1n) is 7.89. The fourth-order valence-electron chi connectivity index (χ4n) is 2.67. The van der Waals surface area contributed by atoms with Gasteiger partial charge in [0.1, 0.15) is 5.82 Å². The number of rotatable bonds is 5. The van der Waals surface area contributed by atoms with E-state index in [1.165, 1.54) is 29.2 Å². The number of amides is 2. The fourth-order valence-corrected chi connectivity index (χ4v) is 2.67. The molecule has 0 fully saturated rings. The molecule has 126 valence electrons. The topological polar surface area (TPSA) is 63.4 Å². The van der Waals surface area contributed by atoms with Gasteiger partial charge in [0.05, 0.1) is 0 Å². The second-order valence-electron chi connectivity index (χ2n) is 5.71. The predicted molar refractivity (Wildman–Crippen MR) is 95.8 cm³/mol. The summed E-state index contributed by atoms with van der Waals surface area (Å²) in [6, 6.07) is 18.7. The lowest BCUT2D eigenvalue weighted by Gasteiger charge is -2.22. The molecule has 2 N–H and O–H groups in total. The molecule has 0 aliphatic rings. The second kappa shape index (κ2) is 7.13. The number of hydrogen-bond donors (Lipinski definition) is 1. The SMILES string of the molecule is NC(=O)CCN(C(=O)c1ccc2ccccc2c1)c1ccc(F)cc1. The molecular weight excluding hydrogens is 319 g/mol. The molecule has 0 bridgehead atoms. The van der Waals surface area contributed by atoms with Crippen molar-refractivity contribution in [3.05, 3.63) is 78.1 Å². The Morgan fingerprint density at radius 2 is 1.60 bits per heavy atom. The molecule has 0 heterocycles. The second-order valence-corrected chi connectivity index (χ2v) is 5.71. The van der Waals surface area contributed by atoms with Gasteiger partial charge < -0.3 is 10.6 Å². The molecule has 0 radical (unpaired) electrons. The number of nitrogens with zero attached hydrogens (tertiary/aromatic N) is 1. The minimum absolute atomic E-state index is 0.0245. The van der Waals surface area contributed by atoms with Crippen molar-refractivity contribution in [1.29, 1.82) is 0 Å². The normalized spacial score (nSPS) is 10.6. The highest BCUT2D eigenvalue weighted by Crippen LogP contribution is 2.21. The number of nitrogens with two attached hydrogens (primary N) is 1. The summed E-state index contributed by atoms with van der Waals surface area (Å²) in [5, 5.41) is 1.98. The lowest BCUT2D eigenvalue weighted by Crippen LogP contribution is -2.34. The maximum Gasteiger partial charge on any atom is 0.258 e. The number of carbonyl (C=O) groups is 2. The molecule has 2 amide bonds. The Bertz CT molecular complexity index is 922. The molecule has 3 rings (SSSR count). The first-order valence-corrected chi connectivity index (χ1v) is 7.89. The van der Waals surface area contributed by atoms with Gasteiger partial charge in [0, 0.05) is 24.2 Å². The lowest BCUT2D eigenvalue weighted by molar-refractivity contribution is -0.117. The van der Waals surface area contributed by atoms with Gasteiger partial charge in [-0.15, -0.1) is 0 Å². The van der Waals surface area contributed by atoms with Crippen molar-refractivity contribution in [3.8, 4) is 0 Å². The number of carbonyl (C=O) groups excluding carboxylic acids is 2. The maximum absolute atomic E-state index is 13.2. The molecule has 25 heavy (non-hydrogen) atoms. The summed E-state index contributed by atoms with van der Waals surface area (Å²) in [6.45, 7) is 0.132. The van der Waals surface area contributed by atoms with Crippen LogP contribution >= 0.6 is 0 Å². The zero-order chi connectivity index (χ0) is 17.8. The molecule has 0 aliphatic heterocycles. The molecule has 0 atom stereocenters. The van der Waals surface area contributed by atoms with Crippen LogP contribution in [-0.4, -0.2) is 18.4 Å². The third kappa shape index (κ3) is 3.83. The Kier molecular flexibility index (Phi) is 4.75. The van der Waals surface area contributed by atoms with Gasteiger partial charge in [-0.2, -0.15) is 0 Å². The van der Waals surface area contributed by atoms with Crippen molar-refractivity contribution >= 4 is 28.3 Å². The van der Waals surface area contributed by atoms with E-state index in [2.05, 4.69) is 0 Å². The summed E-state index contributed by atoms with van der Waals surface area (Å²) < 4.78 is 13.2. The molecule has 0 aliphatic carbocycles. The fraction of sp³-hybridized carbons (Fsp3) is 0.100. The highest BCUT2D eigenvalue weighted by atomic mass is 19.1. The number of benzene rings is 3. The molecule has 0 saturated heterocycles. The van der Waals surface area contributed by atoms with Crippen LogP contribution in [0.15, 0.2) is 66.7 Å². The van der Waals surface area contributed by atoms with Gasteiger partial charge in [-0.05, 0) is 47.2 Å². The van der Waals surface area contributed by atoms with Crippen LogP contribution in [0.3, 0.4) is 0 Å². The third-order valence-electron chi connectivity index (χ3n) is 3.96. The lowest BCUT2D eigenvalue weighted by atomic mass is 10.1. The number of hydrogen-bond acceptors (Lipinski definition) is 2. The van der Waals surface area contributed by atoms with Gasteiger partial charge in [0.25, 0.3) is 5.91 Å². The summed E-state index contributed by atoms with van der Waals surface area (Å²) >= 11 is 0. The Labute approximate surface area is 144 Å². The van der Waals surface area contributed by atoms with Gasteiger partial charge in [-0.25, -0.2) is 4.39 Å². The first kappa shape index (κ1) is 16.6. The number of halogens is 1. The zero-order valence-corrected chi connectivity index (χ0v) is 13.5. The van der Waals surface area contributed by atoms with Crippen molar-refractivity contribution < 1.29 is 14.0 Å². The molecule has 4 nitrogen and oxygen atoms in total. The molecular formula is C20H17FN2O2. The predicted octanol–water partition coefficient (Wildman–Crippen LogP) is 3.50. The number of fused-ring (bicyclic) bond motifs is 1. The standard InChI is InChI=1S/C20H17FN2O2/c21-17-7-9-18(10-8-17)23(12-11-19(22)24)20(25)16-6-5-14-3-1-2-4-15(14)13-16/h1-10,13H,11-12H2,(H2,22,24). The van der Waals surface area contributed by atoms with Crippen LogP contribution in [0, 0.1) is 5.82 Å². The molecule has 0 spiro atoms. The third-order valence-corrected chi connectivity index (χ3v) is 3.96. The zero-order valence-electron chi connectivity index (χ0n) is 13.5. The molecule has 3 aromatic carbocycles. The van der Waals surface area contributed by atoms with Gasteiger partial charge in [0.15, 0.2) is 0 Å². The van der Waals surface area contributed by atoms with Gasteiger partial charge in [-0.1, -0.05) is 30.3 Å². The van der Waals surface area contributed by atoms with Gasteiger partial charge in [-0.3, -0.25) is 9.59 Å². The Hall–Kier alpha value is -3.21. The van der Waals surface area contributed by atoms with Crippen LogP contribution in [0.4, 0.5) is 10.1 Å². The summed E-state index contributed by atoms with van der Waals surface area (Å²) in [6.07, 6.45) is 0.0245. The van der Waals surface area contributed by atoms with E-state index in [9.17, 15) is 14.0 Å². The molecule has 0 saturated carbocycles. The van der Waals surface area contributed by atoms with Gasteiger partial charge in [0.2, 0.25) is 5.91 Å². The van der Waals surface area contributed by atoms with E-state index in [1.807, 2.05) is 30.3 Å². The van der Waals surface area contributed by atoms with Crippen molar-refractivity contribution in [2.45, 2.75) is 6.42 Å². The maximum atomic E-state index is 13.2. The molecule has 3 aromatic rings. The van der Waals surface area contributed by atoms with E-state index in [1.54, 1.807) is 12.1 Å². The Morgan fingerprint density at radius 3 is 2.28 bits per heavy atom. The minimum atomic E-state index is -0.501. The molecule has 5 heteroatoms. The highest BCUT2D eigenvalue weighted by Gasteiger charge is 2.18. The average molecular weight is 336 g/mol. The van der Waals surface area contributed by atoms with Crippen LogP contribution in [0.5, 0.6) is 0 Å². The number of primary amides is 1. The average Bonchev–Trinajstić information content (AvgIpc) is 2.62. The quantitative estimate of drug-likeness (QED) is 0.775. The summed E-state index contributed by atoms with van der Waals surface area (Å²) in [5.74, 6) is -1.16. The minimum Gasteiger partial charge on any atom is -0.370 e. The molecule has 0 aromatic heterocycles. The van der Waals surface area contributed by atoms with E-state index < -0.39 is 11.7 Å². The van der Waals surface area contributed by atoms with Crippen molar-refractivity contribution in [1.82, 2.24) is 0 Å². The van der Waals surface area contributed by atoms with Crippen LogP contribution < -0.4 is 10.6 Å². The summed E-state index contributed by atoms with van der Waals surface area (Å²) in [7, 11) is 0. The smallest absolute Gasteiger partial charge is 0.258 e. The Balaban J connectivity index is 1.96. The van der Waals surface area contributed by atoms with E-state index in [0.717, 1.165) is 10.8 Å². The van der Waals surface area contributed by atoms with Crippen LogP contribution in [0.1, 0.15) is 16.8 Å².